The molecule has 1 amide bonds. The van der Waals surface area contributed by atoms with Crippen LogP contribution in [-0.2, 0) is 11.3 Å². The molecule has 0 fully saturated rings. The number of halogens is 1. The molecule has 140 valence electrons. The molecule has 0 aliphatic carbocycles. The zero-order chi connectivity index (χ0) is 19.1. The Morgan fingerprint density at radius 3 is 2.62 bits per heavy atom. The van der Waals surface area contributed by atoms with Gasteiger partial charge in [0.25, 0.3) is 5.91 Å². The highest BCUT2D eigenvalue weighted by molar-refractivity contribution is 9.10. The zero-order valence-electron chi connectivity index (χ0n) is 15.7. The summed E-state index contributed by atoms with van der Waals surface area (Å²) in [5, 5.41) is 2.95. The number of aryl methyl sites for hydroxylation is 1. The van der Waals surface area contributed by atoms with Crippen LogP contribution in [0, 0.1) is 6.92 Å². The molecule has 1 atom stereocenters. The number of hydrogen-bond donors (Lipinski definition) is 2. The molecule has 0 aliphatic rings. The number of rotatable bonds is 8. The van der Waals surface area contributed by atoms with Gasteiger partial charge >= 0.3 is 0 Å². The topological polar surface area (TPSA) is 52.0 Å². The number of carbonyl (C=O) groups is 1. The summed E-state index contributed by atoms with van der Waals surface area (Å²) in [6.07, 6.45) is 0. The lowest BCUT2D eigenvalue weighted by Crippen LogP contribution is -3.08. The number of ether oxygens (including phenoxy) is 2. The first kappa shape index (κ1) is 20.3. The summed E-state index contributed by atoms with van der Waals surface area (Å²) < 4.78 is 11.8. The van der Waals surface area contributed by atoms with Crippen molar-refractivity contribution in [3.63, 3.8) is 0 Å². The van der Waals surface area contributed by atoms with Gasteiger partial charge < -0.3 is 19.7 Å². The van der Waals surface area contributed by atoms with E-state index in [1.54, 1.807) is 7.11 Å². The van der Waals surface area contributed by atoms with Crippen molar-refractivity contribution < 1.29 is 19.2 Å². The van der Waals surface area contributed by atoms with Crippen LogP contribution >= 0.6 is 15.9 Å². The Morgan fingerprint density at radius 2 is 1.96 bits per heavy atom. The van der Waals surface area contributed by atoms with Crippen LogP contribution in [0.4, 0.5) is 5.69 Å². The first-order chi connectivity index (χ1) is 12.4. The van der Waals surface area contributed by atoms with E-state index in [4.69, 9.17) is 9.47 Å². The molecule has 0 heterocycles. The largest absolute Gasteiger partial charge is 0.493 e. The van der Waals surface area contributed by atoms with Crippen molar-refractivity contribution in [3.8, 4) is 11.5 Å². The van der Waals surface area contributed by atoms with Crippen molar-refractivity contribution in [3.05, 3.63) is 52.0 Å². The highest BCUT2D eigenvalue weighted by atomic mass is 79.9. The van der Waals surface area contributed by atoms with E-state index in [-0.39, 0.29) is 5.91 Å². The lowest BCUT2D eigenvalue weighted by Gasteiger charge is -2.16. The molecule has 2 rings (SSSR count). The number of hydrogen-bond acceptors (Lipinski definition) is 3. The third-order valence-electron chi connectivity index (χ3n) is 3.89. The molecule has 2 aromatic rings. The van der Waals surface area contributed by atoms with Gasteiger partial charge in [-0.25, -0.2) is 0 Å². The van der Waals surface area contributed by atoms with Crippen molar-refractivity contribution in [2.75, 3.05) is 32.6 Å². The molecule has 26 heavy (non-hydrogen) atoms. The van der Waals surface area contributed by atoms with Crippen LogP contribution in [0.25, 0.3) is 0 Å². The van der Waals surface area contributed by atoms with Crippen LogP contribution in [0.3, 0.4) is 0 Å². The van der Waals surface area contributed by atoms with Crippen LogP contribution < -0.4 is 19.7 Å². The number of methoxy groups -OCH3 is 1. The SMILES string of the molecule is CCOc1ccc(C[NH+](C)CC(=O)Nc2ccc(C)cc2Br)cc1OC. The second-order valence-electron chi connectivity index (χ2n) is 6.26. The highest BCUT2D eigenvalue weighted by Gasteiger charge is 2.14. The standard InChI is InChI=1S/C20H25BrN2O3/c1-5-26-18-9-7-15(11-19(18)25-4)12-23(3)13-20(24)22-17-8-6-14(2)10-16(17)21/h6-11H,5,12-13H2,1-4H3,(H,22,24)/p+1. The number of anilines is 1. The maximum Gasteiger partial charge on any atom is 0.279 e. The summed E-state index contributed by atoms with van der Waals surface area (Å²) >= 11 is 3.48. The number of amides is 1. The maximum absolute atomic E-state index is 12.3. The highest BCUT2D eigenvalue weighted by Crippen LogP contribution is 2.27. The van der Waals surface area contributed by atoms with E-state index in [9.17, 15) is 4.79 Å². The van der Waals surface area contributed by atoms with Gasteiger partial charge in [0, 0.05) is 10.0 Å². The predicted molar refractivity (Wildman–Crippen MR) is 107 cm³/mol. The van der Waals surface area contributed by atoms with Gasteiger partial charge in [-0.05, 0) is 65.7 Å². The minimum Gasteiger partial charge on any atom is -0.493 e. The average Bonchev–Trinajstić information content (AvgIpc) is 2.58. The van der Waals surface area contributed by atoms with E-state index in [0.29, 0.717) is 25.4 Å². The van der Waals surface area contributed by atoms with Gasteiger partial charge in [-0.1, -0.05) is 6.07 Å². The third-order valence-corrected chi connectivity index (χ3v) is 4.55. The summed E-state index contributed by atoms with van der Waals surface area (Å²) in [7, 11) is 3.62. The number of quaternary nitrogens is 1. The van der Waals surface area contributed by atoms with Gasteiger partial charge in [-0.15, -0.1) is 0 Å². The number of benzene rings is 2. The molecule has 6 heteroatoms. The minimum absolute atomic E-state index is 0.0232. The number of carbonyl (C=O) groups excluding carboxylic acids is 1. The molecule has 0 aromatic heterocycles. The molecule has 1 unspecified atom stereocenters. The van der Waals surface area contributed by atoms with Crippen LogP contribution in [0.5, 0.6) is 11.5 Å². The van der Waals surface area contributed by atoms with Crippen molar-refractivity contribution >= 4 is 27.5 Å². The summed E-state index contributed by atoms with van der Waals surface area (Å²) in [4.78, 5) is 13.4. The van der Waals surface area contributed by atoms with Crippen molar-refractivity contribution in [2.24, 2.45) is 0 Å². The van der Waals surface area contributed by atoms with Crippen LogP contribution in [0.15, 0.2) is 40.9 Å². The molecule has 0 bridgehead atoms. The first-order valence-corrected chi connectivity index (χ1v) is 9.39. The fraction of sp³-hybridized carbons (Fsp3) is 0.350. The molecule has 0 spiro atoms. The molecule has 0 radical (unpaired) electrons. The summed E-state index contributed by atoms with van der Waals surface area (Å²) in [6, 6.07) is 11.7. The van der Waals surface area contributed by atoms with Crippen LogP contribution in [0.2, 0.25) is 0 Å². The molecule has 2 aromatic carbocycles. The second kappa shape index (κ2) is 9.59. The second-order valence-corrected chi connectivity index (χ2v) is 7.11. The molecule has 5 nitrogen and oxygen atoms in total. The minimum atomic E-state index is -0.0232. The summed E-state index contributed by atoms with van der Waals surface area (Å²) in [5.41, 5.74) is 3.02. The van der Waals surface area contributed by atoms with Gasteiger partial charge in [0.2, 0.25) is 0 Å². The molecule has 0 aliphatic heterocycles. The fourth-order valence-corrected chi connectivity index (χ4v) is 3.29. The Kier molecular flexibility index (Phi) is 7.48. The van der Waals surface area contributed by atoms with Gasteiger partial charge in [0.1, 0.15) is 6.54 Å². The Hall–Kier alpha value is -2.05. The van der Waals surface area contributed by atoms with Gasteiger partial charge in [-0.3, -0.25) is 4.79 Å². The van der Waals surface area contributed by atoms with E-state index in [2.05, 4.69) is 21.2 Å². The maximum atomic E-state index is 12.3. The zero-order valence-corrected chi connectivity index (χ0v) is 17.3. The van der Waals surface area contributed by atoms with E-state index in [1.165, 1.54) is 0 Å². The summed E-state index contributed by atoms with van der Waals surface area (Å²) in [6.45, 7) is 5.63. The normalized spacial score (nSPS) is 11.7. The summed E-state index contributed by atoms with van der Waals surface area (Å²) in [5.74, 6) is 1.42. The van der Waals surface area contributed by atoms with Gasteiger partial charge in [0.05, 0.1) is 26.5 Å². The number of nitrogens with one attached hydrogen (secondary N) is 2. The predicted octanol–water partition coefficient (Wildman–Crippen LogP) is 2.82. The molecule has 2 N–H and O–H groups in total. The van der Waals surface area contributed by atoms with E-state index < -0.39 is 0 Å². The smallest absolute Gasteiger partial charge is 0.279 e. The van der Waals surface area contributed by atoms with Crippen molar-refractivity contribution in [1.82, 2.24) is 0 Å². The van der Waals surface area contributed by atoms with Crippen molar-refractivity contribution in [2.45, 2.75) is 20.4 Å². The van der Waals surface area contributed by atoms with E-state index in [0.717, 1.165) is 31.9 Å². The molecular formula is C20H26BrN2O3+. The molecule has 0 saturated heterocycles. The van der Waals surface area contributed by atoms with Crippen LogP contribution in [0.1, 0.15) is 18.1 Å². The lowest BCUT2D eigenvalue weighted by atomic mass is 10.2. The Labute approximate surface area is 163 Å². The lowest BCUT2D eigenvalue weighted by molar-refractivity contribution is -0.885. The van der Waals surface area contributed by atoms with E-state index in [1.807, 2.05) is 57.3 Å². The third kappa shape index (κ3) is 5.75. The van der Waals surface area contributed by atoms with Crippen molar-refractivity contribution in [1.29, 1.82) is 0 Å². The number of likely N-dealkylation sites (N-methyl/N-ethyl adjacent to an activating group) is 1. The Balaban J connectivity index is 1.95. The van der Waals surface area contributed by atoms with E-state index >= 15 is 0 Å². The van der Waals surface area contributed by atoms with Crippen LogP contribution in [-0.4, -0.2) is 33.2 Å². The average molecular weight is 422 g/mol. The fourth-order valence-electron chi connectivity index (χ4n) is 2.70. The quantitative estimate of drug-likeness (QED) is 0.688. The van der Waals surface area contributed by atoms with Gasteiger partial charge in [-0.2, -0.15) is 0 Å². The Morgan fingerprint density at radius 1 is 1.19 bits per heavy atom. The molecule has 0 saturated carbocycles. The molecular weight excluding hydrogens is 396 g/mol. The van der Waals surface area contributed by atoms with Gasteiger partial charge in [0.15, 0.2) is 18.0 Å². The Bertz CT molecular complexity index is 765. The first-order valence-electron chi connectivity index (χ1n) is 8.60. The monoisotopic (exact) mass is 421 g/mol.